The van der Waals surface area contributed by atoms with E-state index >= 15 is 0 Å². The molecule has 5 aromatic carbocycles. The summed E-state index contributed by atoms with van der Waals surface area (Å²) in [6.07, 6.45) is 0. The van der Waals surface area contributed by atoms with Crippen LogP contribution in [0.2, 0.25) is 0 Å². The molecule has 0 radical (unpaired) electrons. The number of hydrogen-bond acceptors (Lipinski definition) is 1. The van der Waals surface area contributed by atoms with Gasteiger partial charge in [0.25, 0.3) is 0 Å². The van der Waals surface area contributed by atoms with Gasteiger partial charge in [0, 0.05) is 0 Å². The summed E-state index contributed by atoms with van der Waals surface area (Å²) in [5.74, 6) is 0.838. The third-order valence-electron chi connectivity index (χ3n) is 7.18. The standard InChI is InChI=1S/C36H27BrO/c1-38-31-24-22-30(23-25-31)36(37)34(28-18-10-4-11-19-28)32(26-14-6-2-7-15-26)33(27-16-8-3-9-17-27)35(36)29-20-12-5-13-21-29/h2-25H,1H3. The van der Waals surface area contributed by atoms with Crippen LogP contribution in [0.1, 0.15) is 27.8 Å². The fourth-order valence-electron chi connectivity index (χ4n) is 5.51. The van der Waals surface area contributed by atoms with Gasteiger partial charge in [-0.2, -0.15) is 0 Å². The van der Waals surface area contributed by atoms with Crippen LogP contribution < -0.4 is 4.74 Å². The Balaban J connectivity index is 1.80. The van der Waals surface area contributed by atoms with Crippen molar-refractivity contribution in [2.24, 2.45) is 0 Å². The summed E-state index contributed by atoms with van der Waals surface area (Å²) in [5, 5.41) is 0. The molecule has 1 nitrogen and oxygen atoms in total. The summed E-state index contributed by atoms with van der Waals surface area (Å²) in [7, 11) is 1.71. The van der Waals surface area contributed by atoms with Crippen LogP contribution in [0.25, 0.3) is 22.3 Å². The zero-order chi connectivity index (χ0) is 26.0. The molecular weight excluding hydrogens is 528 g/mol. The molecule has 0 spiro atoms. The largest absolute Gasteiger partial charge is 0.497 e. The minimum Gasteiger partial charge on any atom is -0.497 e. The van der Waals surface area contributed by atoms with Crippen molar-refractivity contribution in [2.45, 2.75) is 4.32 Å². The smallest absolute Gasteiger partial charge is 0.118 e. The lowest BCUT2D eigenvalue weighted by molar-refractivity contribution is 0.414. The number of hydrogen-bond donors (Lipinski definition) is 0. The van der Waals surface area contributed by atoms with Crippen molar-refractivity contribution in [2.75, 3.05) is 7.11 Å². The molecular formula is C36H27BrO. The highest BCUT2D eigenvalue weighted by molar-refractivity contribution is 9.10. The molecule has 0 aromatic heterocycles. The molecule has 0 aliphatic heterocycles. The summed E-state index contributed by atoms with van der Waals surface area (Å²) in [4.78, 5) is 0. The molecule has 1 aliphatic carbocycles. The molecule has 2 heteroatoms. The molecule has 0 unspecified atom stereocenters. The summed E-state index contributed by atoms with van der Waals surface area (Å²) < 4.78 is 4.92. The molecule has 1 aliphatic rings. The molecule has 0 saturated carbocycles. The average Bonchev–Trinajstić information content (AvgIpc) is 3.29. The minimum absolute atomic E-state index is 0.613. The molecule has 0 heterocycles. The van der Waals surface area contributed by atoms with Crippen LogP contribution >= 0.6 is 15.9 Å². The predicted molar refractivity (Wildman–Crippen MR) is 163 cm³/mol. The van der Waals surface area contributed by atoms with Gasteiger partial charge in [-0.15, -0.1) is 0 Å². The Labute approximate surface area is 232 Å². The summed E-state index contributed by atoms with van der Waals surface area (Å²) in [6.45, 7) is 0. The van der Waals surface area contributed by atoms with Crippen LogP contribution in [0.15, 0.2) is 146 Å². The third kappa shape index (κ3) is 4.12. The summed E-state index contributed by atoms with van der Waals surface area (Å²) in [6, 6.07) is 51.5. The monoisotopic (exact) mass is 554 g/mol. The molecule has 6 rings (SSSR count). The zero-order valence-corrected chi connectivity index (χ0v) is 22.7. The molecule has 0 N–H and O–H groups in total. The van der Waals surface area contributed by atoms with E-state index in [-0.39, 0.29) is 0 Å². The number of allylic oxidation sites excluding steroid dienone is 4. The molecule has 184 valence electrons. The van der Waals surface area contributed by atoms with Crippen molar-refractivity contribution in [3.8, 4) is 5.75 Å². The topological polar surface area (TPSA) is 9.23 Å². The van der Waals surface area contributed by atoms with Gasteiger partial charge >= 0.3 is 0 Å². The van der Waals surface area contributed by atoms with Gasteiger partial charge in [0.2, 0.25) is 0 Å². The van der Waals surface area contributed by atoms with E-state index in [9.17, 15) is 0 Å². The Kier molecular flexibility index (Phi) is 6.57. The molecule has 0 atom stereocenters. The second kappa shape index (κ2) is 10.3. The highest BCUT2D eigenvalue weighted by atomic mass is 79.9. The Hall–Kier alpha value is -4.14. The Morgan fingerprint density at radius 3 is 1.13 bits per heavy atom. The van der Waals surface area contributed by atoms with Crippen LogP contribution in [0.4, 0.5) is 0 Å². The van der Waals surface area contributed by atoms with Gasteiger partial charge in [0.15, 0.2) is 0 Å². The van der Waals surface area contributed by atoms with Gasteiger partial charge in [-0.05, 0) is 62.2 Å². The van der Waals surface area contributed by atoms with Gasteiger partial charge in [0.1, 0.15) is 10.1 Å². The SMILES string of the molecule is COc1ccc(C2(Br)C(c3ccccc3)=C(c3ccccc3)C(c3ccccc3)=C2c2ccccc2)cc1. The van der Waals surface area contributed by atoms with E-state index in [0.29, 0.717) is 0 Å². The highest BCUT2D eigenvalue weighted by Gasteiger charge is 2.48. The van der Waals surface area contributed by atoms with Crippen LogP contribution in [-0.4, -0.2) is 7.11 Å². The predicted octanol–water partition coefficient (Wildman–Crippen LogP) is 9.52. The maximum absolute atomic E-state index is 5.53. The van der Waals surface area contributed by atoms with Crippen LogP contribution in [-0.2, 0) is 4.32 Å². The van der Waals surface area contributed by atoms with E-state index in [1.165, 1.54) is 44.5 Å². The maximum atomic E-state index is 5.53. The lowest BCUT2D eigenvalue weighted by atomic mass is 9.80. The number of halogens is 1. The molecule has 0 amide bonds. The van der Waals surface area contributed by atoms with Gasteiger partial charge in [0.05, 0.1) is 7.11 Å². The van der Waals surface area contributed by atoms with Gasteiger partial charge in [-0.1, -0.05) is 149 Å². The molecule has 0 bridgehead atoms. The number of benzene rings is 5. The molecule has 0 saturated heterocycles. The first kappa shape index (κ1) is 24.2. The molecule has 38 heavy (non-hydrogen) atoms. The maximum Gasteiger partial charge on any atom is 0.118 e. The summed E-state index contributed by atoms with van der Waals surface area (Å²) >= 11 is 4.43. The fourth-order valence-corrected chi connectivity index (χ4v) is 6.63. The fraction of sp³-hybridized carbons (Fsp3) is 0.0556. The van der Waals surface area contributed by atoms with Gasteiger partial charge in [-0.3, -0.25) is 0 Å². The molecule has 5 aromatic rings. The van der Waals surface area contributed by atoms with E-state index < -0.39 is 4.32 Å². The van der Waals surface area contributed by atoms with Gasteiger partial charge in [-0.25, -0.2) is 0 Å². The quantitative estimate of drug-likeness (QED) is 0.190. The Bertz CT molecular complexity index is 1500. The highest BCUT2D eigenvalue weighted by Crippen LogP contribution is 2.65. The van der Waals surface area contributed by atoms with E-state index in [1.54, 1.807) is 7.11 Å². The zero-order valence-electron chi connectivity index (χ0n) is 21.1. The van der Waals surface area contributed by atoms with Crippen molar-refractivity contribution in [3.05, 3.63) is 173 Å². The Morgan fingerprint density at radius 2 is 0.789 bits per heavy atom. The average molecular weight is 556 g/mol. The van der Waals surface area contributed by atoms with Gasteiger partial charge < -0.3 is 4.74 Å². The van der Waals surface area contributed by atoms with Crippen molar-refractivity contribution in [1.29, 1.82) is 0 Å². The lowest BCUT2D eigenvalue weighted by Crippen LogP contribution is -2.20. The van der Waals surface area contributed by atoms with Crippen molar-refractivity contribution >= 4 is 38.2 Å². The van der Waals surface area contributed by atoms with E-state index in [0.717, 1.165) is 11.3 Å². The summed E-state index contributed by atoms with van der Waals surface area (Å²) in [5.41, 5.74) is 10.8. The second-order valence-corrected chi connectivity index (χ2v) is 10.5. The number of rotatable bonds is 6. The van der Waals surface area contributed by atoms with E-state index in [1.807, 2.05) is 12.1 Å². The number of ether oxygens (including phenoxy) is 1. The number of methoxy groups -OCH3 is 1. The first-order valence-corrected chi connectivity index (χ1v) is 13.6. The normalized spacial score (nSPS) is 14.6. The lowest BCUT2D eigenvalue weighted by Gasteiger charge is -2.32. The minimum atomic E-state index is -0.613. The van der Waals surface area contributed by atoms with E-state index in [2.05, 4.69) is 149 Å². The molecule has 0 fully saturated rings. The van der Waals surface area contributed by atoms with Crippen molar-refractivity contribution in [1.82, 2.24) is 0 Å². The third-order valence-corrected chi connectivity index (χ3v) is 8.43. The first-order chi connectivity index (χ1) is 18.7. The van der Waals surface area contributed by atoms with Crippen LogP contribution in [0.3, 0.4) is 0 Å². The first-order valence-electron chi connectivity index (χ1n) is 12.8. The van der Waals surface area contributed by atoms with Crippen LogP contribution in [0, 0.1) is 0 Å². The second-order valence-electron chi connectivity index (χ2n) is 9.35. The Morgan fingerprint density at radius 1 is 0.447 bits per heavy atom. The number of alkyl halides is 1. The van der Waals surface area contributed by atoms with Crippen molar-refractivity contribution < 1.29 is 4.74 Å². The van der Waals surface area contributed by atoms with E-state index in [4.69, 9.17) is 4.74 Å². The van der Waals surface area contributed by atoms with Crippen molar-refractivity contribution in [3.63, 3.8) is 0 Å². The van der Waals surface area contributed by atoms with Crippen LogP contribution in [0.5, 0.6) is 5.75 Å².